The summed E-state index contributed by atoms with van der Waals surface area (Å²) < 4.78 is 2.87. The highest BCUT2D eigenvalue weighted by molar-refractivity contribution is 7.16. The van der Waals surface area contributed by atoms with E-state index < -0.39 is 0 Å². The lowest BCUT2D eigenvalue weighted by Crippen LogP contribution is -2.51. The van der Waals surface area contributed by atoms with Crippen LogP contribution in [0.1, 0.15) is 10.4 Å². The number of thiazole rings is 1. The first-order valence-electron chi connectivity index (χ1n) is 6.76. The summed E-state index contributed by atoms with van der Waals surface area (Å²) in [6, 6.07) is 5.70. The van der Waals surface area contributed by atoms with E-state index in [-0.39, 0.29) is 5.91 Å². The van der Waals surface area contributed by atoms with Gasteiger partial charge in [-0.1, -0.05) is 5.21 Å². The lowest BCUT2D eigenvalue weighted by Gasteiger charge is -2.39. The van der Waals surface area contributed by atoms with Gasteiger partial charge in [-0.25, -0.2) is 4.98 Å². The number of carbonyl (C=O) groups is 1. The molecule has 0 unspecified atom stereocenters. The topological polar surface area (TPSA) is 63.9 Å². The van der Waals surface area contributed by atoms with Gasteiger partial charge in [0.25, 0.3) is 5.91 Å². The monoisotopic (exact) mass is 299 g/mol. The van der Waals surface area contributed by atoms with Crippen molar-refractivity contribution in [3.63, 3.8) is 0 Å². The number of hydrogen-bond acceptors (Lipinski definition) is 5. The molecule has 21 heavy (non-hydrogen) atoms. The molecule has 1 aliphatic rings. The maximum absolute atomic E-state index is 12.4. The molecule has 2 aromatic heterocycles. The molecule has 1 aromatic carbocycles. The zero-order valence-electron chi connectivity index (χ0n) is 11.2. The van der Waals surface area contributed by atoms with Crippen LogP contribution in [0, 0.1) is 5.92 Å². The van der Waals surface area contributed by atoms with Crippen LogP contribution in [-0.4, -0.2) is 43.9 Å². The number of rotatable bonds is 3. The molecule has 1 saturated heterocycles. The predicted octanol–water partition coefficient (Wildman–Crippen LogP) is 1.66. The van der Waals surface area contributed by atoms with Gasteiger partial charge in [-0.15, -0.1) is 16.4 Å². The van der Waals surface area contributed by atoms with Crippen molar-refractivity contribution in [2.45, 2.75) is 6.54 Å². The van der Waals surface area contributed by atoms with E-state index in [0.29, 0.717) is 5.92 Å². The van der Waals surface area contributed by atoms with E-state index in [1.165, 1.54) is 0 Å². The van der Waals surface area contributed by atoms with E-state index >= 15 is 0 Å². The van der Waals surface area contributed by atoms with Gasteiger partial charge >= 0.3 is 0 Å². The molecule has 0 atom stereocenters. The SMILES string of the molecule is O=C(c1ccc2ncsc2c1)N1CC(Cn2ccnn2)C1. The molecule has 0 radical (unpaired) electrons. The third-order valence-electron chi connectivity index (χ3n) is 3.74. The molecule has 106 valence electrons. The summed E-state index contributed by atoms with van der Waals surface area (Å²) in [7, 11) is 0. The Morgan fingerprint density at radius 1 is 1.38 bits per heavy atom. The second-order valence-electron chi connectivity index (χ2n) is 5.24. The number of amides is 1. The van der Waals surface area contributed by atoms with Crippen molar-refractivity contribution in [1.29, 1.82) is 0 Å². The normalized spacial score (nSPS) is 15.3. The Morgan fingerprint density at radius 3 is 3.10 bits per heavy atom. The van der Waals surface area contributed by atoms with Gasteiger partial charge in [0.1, 0.15) is 0 Å². The number of carbonyl (C=O) groups excluding carboxylic acids is 1. The van der Waals surface area contributed by atoms with Gasteiger partial charge < -0.3 is 4.90 Å². The first-order valence-corrected chi connectivity index (χ1v) is 7.64. The quantitative estimate of drug-likeness (QED) is 0.738. The number of likely N-dealkylation sites (tertiary alicyclic amines) is 1. The molecule has 3 aromatic rings. The lowest BCUT2D eigenvalue weighted by molar-refractivity contribution is 0.0460. The largest absolute Gasteiger partial charge is 0.338 e. The summed E-state index contributed by atoms with van der Waals surface area (Å²) in [6.45, 7) is 2.37. The number of aromatic nitrogens is 4. The Morgan fingerprint density at radius 2 is 2.29 bits per heavy atom. The second-order valence-corrected chi connectivity index (χ2v) is 6.12. The molecule has 0 aliphatic carbocycles. The van der Waals surface area contributed by atoms with Crippen LogP contribution in [0.5, 0.6) is 0 Å². The number of nitrogens with zero attached hydrogens (tertiary/aromatic N) is 5. The van der Waals surface area contributed by atoms with Crippen LogP contribution in [0.4, 0.5) is 0 Å². The van der Waals surface area contributed by atoms with Crippen LogP contribution in [0.15, 0.2) is 36.1 Å². The highest BCUT2D eigenvalue weighted by Crippen LogP contribution is 2.23. The minimum Gasteiger partial charge on any atom is -0.338 e. The summed E-state index contributed by atoms with van der Waals surface area (Å²) in [6.07, 6.45) is 3.52. The first-order chi connectivity index (χ1) is 10.3. The molecule has 3 heterocycles. The average molecular weight is 299 g/mol. The van der Waals surface area contributed by atoms with E-state index in [0.717, 1.165) is 35.4 Å². The molecule has 0 bridgehead atoms. The van der Waals surface area contributed by atoms with Crippen molar-refractivity contribution in [1.82, 2.24) is 24.9 Å². The lowest BCUT2D eigenvalue weighted by atomic mass is 9.99. The predicted molar refractivity (Wildman–Crippen MR) is 79.0 cm³/mol. The molecule has 6 nitrogen and oxygen atoms in total. The van der Waals surface area contributed by atoms with Crippen molar-refractivity contribution >= 4 is 27.5 Å². The van der Waals surface area contributed by atoms with E-state index in [2.05, 4.69) is 15.3 Å². The van der Waals surface area contributed by atoms with E-state index in [4.69, 9.17) is 0 Å². The number of benzene rings is 1. The number of fused-ring (bicyclic) bond motifs is 1. The molecule has 1 fully saturated rings. The third-order valence-corrected chi connectivity index (χ3v) is 4.53. The molecular formula is C14H13N5OS. The molecule has 0 saturated carbocycles. The Bertz CT molecular complexity index is 776. The first kappa shape index (κ1) is 12.5. The van der Waals surface area contributed by atoms with Gasteiger partial charge in [-0.2, -0.15) is 0 Å². The molecule has 1 aliphatic heterocycles. The maximum atomic E-state index is 12.4. The van der Waals surface area contributed by atoms with Crippen LogP contribution in [0.2, 0.25) is 0 Å². The Hall–Kier alpha value is -2.28. The highest BCUT2D eigenvalue weighted by Gasteiger charge is 2.31. The summed E-state index contributed by atoms with van der Waals surface area (Å²) >= 11 is 1.56. The third kappa shape index (κ3) is 2.29. The van der Waals surface area contributed by atoms with Crippen molar-refractivity contribution in [2.75, 3.05) is 13.1 Å². The van der Waals surface area contributed by atoms with E-state index in [1.54, 1.807) is 23.0 Å². The Labute approximate surface area is 125 Å². The van der Waals surface area contributed by atoms with Gasteiger partial charge in [0.15, 0.2) is 0 Å². The molecule has 1 amide bonds. The standard InChI is InChI=1S/C14H13N5OS/c20-14(11-1-2-12-13(5-11)21-9-15-12)18-6-10(7-18)8-19-4-3-16-17-19/h1-5,9-10H,6-8H2. The Balaban J connectivity index is 1.42. The van der Waals surface area contributed by atoms with Crippen molar-refractivity contribution < 1.29 is 4.79 Å². The van der Waals surface area contributed by atoms with Gasteiger partial charge in [0.2, 0.25) is 0 Å². The fourth-order valence-corrected chi connectivity index (χ4v) is 3.33. The van der Waals surface area contributed by atoms with Gasteiger partial charge in [-0.3, -0.25) is 9.48 Å². The van der Waals surface area contributed by atoms with Gasteiger partial charge in [0, 0.05) is 37.3 Å². The fourth-order valence-electron chi connectivity index (χ4n) is 2.62. The fraction of sp³-hybridized carbons (Fsp3) is 0.286. The molecule has 0 N–H and O–H groups in total. The van der Waals surface area contributed by atoms with Crippen molar-refractivity contribution in [3.05, 3.63) is 41.7 Å². The van der Waals surface area contributed by atoms with Crippen LogP contribution >= 0.6 is 11.3 Å². The Kier molecular flexibility index (Phi) is 2.92. The summed E-state index contributed by atoms with van der Waals surface area (Å²) in [5.41, 5.74) is 3.49. The van der Waals surface area contributed by atoms with Crippen molar-refractivity contribution in [2.24, 2.45) is 5.92 Å². The van der Waals surface area contributed by atoms with Crippen LogP contribution < -0.4 is 0 Å². The number of hydrogen-bond donors (Lipinski definition) is 0. The highest BCUT2D eigenvalue weighted by atomic mass is 32.1. The van der Waals surface area contributed by atoms with Gasteiger partial charge in [-0.05, 0) is 18.2 Å². The van der Waals surface area contributed by atoms with E-state index in [9.17, 15) is 4.79 Å². The van der Waals surface area contributed by atoms with E-state index in [1.807, 2.05) is 34.0 Å². The smallest absolute Gasteiger partial charge is 0.253 e. The zero-order valence-corrected chi connectivity index (χ0v) is 12.0. The minimum absolute atomic E-state index is 0.0974. The summed E-state index contributed by atoms with van der Waals surface area (Å²) in [5.74, 6) is 0.558. The molecule has 0 spiro atoms. The molecule has 7 heteroatoms. The van der Waals surface area contributed by atoms with Crippen molar-refractivity contribution in [3.8, 4) is 0 Å². The zero-order chi connectivity index (χ0) is 14.2. The second kappa shape index (κ2) is 4.92. The molecule has 4 rings (SSSR count). The summed E-state index contributed by atoms with van der Waals surface area (Å²) in [4.78, 5) is 18.5. The van der Waals surface area contributed by atoms with Crippen LogP contribution in [0.25, 0.3) is 10.2 Å². The molecular weight excluding hydrogens is 286 g/mol. The van der Waals surface area contributed by atoms with Crippen LogP contribution in [0.3, 0.4) is 0 Å². The summed E-state index contributed by atoms with van der Waals surface area (Å²) in [5, 5.41) is 7.74. The van der Waals surface area contributed by atoms with Crippen LogP contribution in [-0.2, 0) is 6.54 Å². The minimum atomic E-state index is 0.0974. The average Bonchev–Trinajstić information content (AvgIpc) is 3.11. The maximum Gasteiger partial charge on any atom is 0.253 e. The van der Waals surface area contributed by atoms with Gasteiger partial charge in [0.05, 0.1) is 21.9 Å².